The van der Waals surface area contributed by atoms with Gasteiger partial charge in [-0.25, -0.2) is 0 Å². The molecule has 2 aromatic carbocycles. The molecule has 0 bridgehead atoms. The summed E-state index contributed by atoms with van der Waals surface area (Å²) in [5.41, 5.74) is 1.89. The Morgan fingerprint density at radius 3 is 2.29 bits per heavy atom. The van der Waals surface area contributed by atoms with Gasteiger partial charge in [-0.05, 0) is 41.1 Å². The van der Waals surface area contributed by atoms with E-state index in [1.54, 1.807) is 30.3 Å². The SMILES string of the molecule is C[C@H](CNC(=O)/C(=C/c1cccs1)NC(=O)c1ccccc1)c1ccccc1. The Morgan fingerprint density at radius 2 is 1.64 bits per heavy atom. The van der Waals surface area contributed by atoms with E-state index in [0.29, 0.717) is 12.1 Å². The molecule has 142 valence electrons. The van der Waals surface area contributed by atoms with Crippen molar-refractivity contribution in [1.82, 2.24) is 10.6 Å². The molecule has 1 atom stereocenters. The zero-order valence-corrected chi connectivity index (χ0v) is 16.4. The maximum Gasteiger partial charge on any atom is 0.267 e. The van der Waals surface area contributed by atoms with E-state index in [4.69, 9.17) is 0 Å². The van der Waals surface area contributed by atoms with Crippen LogP contribution in [0.3, 0.4) is 0 Å². The zero-order valence-electron chi connectivity index (χ0n) is 15.6. The van der Waals surface area contributed by atoms with E-state index < -0.39 is 0 Å². The number of thiophene rings is 1. The molecule has 0 aliphatic rings. The van der Waals surface area contributed by atoms with Crippen LogP contribution in [0, 0.1) is 0 Å². The van der Waals surface area contributed by atoms with Crippen molar-refractivity contribution in [3.63, 3.8) is 0 Å². The first-order valence-corrected chi connectivity index (χ1v) is 9.96. The molecule has 0 unspecified atom stereocenters. The molecule has 0 saturated carbocycles. The highest BCUT2D eigenvalue weighted by molar-refractivity contribution is 7.10. The van der Waals surface area contributed by atoms with E-state index in [1.807, 2.05) is 53.9 Å². The summed E-state index contributed by atoms with van der Waals surface area (Å²) in [6.45, 7) is 2.53. The second-order valence-corrected chi connectivity index (χ2v) is 7.39. The third-order valence-corrected chi connectivity index (χ3v) is 5.12. The van der Waals surface area contributed by atoms with Crippen LogP contribution >= 0.6 is 11.3 Å². The number of carbonyl (C=O) groups excluding carboxylic acids is 2. The first-order valence-electron chi connectivity index (χ1n) is 9.08. The van der Waals surface area contributed by atoms with Crippen LogP contribution in [0.4, 0.5) is 0 Å². The first-order chi connectivity index (χ1) is 13.6. The standard InChI is InChI=1S/C23H22N2O2S/c1-17(18-9-4-2-5-10-18)16-24-23(27)21(15-20-13-8-14-28-20)25-22(26)19-11-6-3-7-12-19/h2-15,17H,16H2,1H3,(H,24,27)(H,25,26)/b21-15-/t17-/m1/s1. The Bertz CT molecular complexity index is 935. The minimum Gasteiger partial charge on any atom is -0.350 e. The van der Waals surface area contributed by atoms with Crippen molar-refractivity contribution >= 4 is 29.2 Å². The predicted octanol–water partition coefficient (Wildman–Crippen LogP) is 4.44. The highest BCUT2D eigenvalue weighted by Crippen LogP contribution is 2.15. The summed E-state index contributed by atoms with van der Waals surface area (Å²) in [6.07, 6.45) is 1.70. The van der Waals surface area contributed by atoms with Gasteiger partial charge in [-0.15, -0.1) is 11.3 Å². The Kier molecular flexibility index (Phi) is 6.76. The van der Waals surface area contributed by atoms with Gasteiger partial charge in [0, 0.05) is 17.0 Å². The molecule has 0 saturated heterocycles. The van der Waals surface area contributed by atoms with E-state index in [9.17, 15) is 9.59 Å². The third kappa shape index (κ3) is 5.41. The number of nitrogens with one attached hydrogen (secondary N) is 2. The number of benzene rings is 2. The van der Waals surface area contributed by atoms with Crippen LogP contribution < -0.4 is 10.6 Å². The Balaban J connectivity index is 1.71. The number of hydrogen-bond donors (Lipinski definition) is 2. The summed E-state index contributed by atoms with van der Waals surface area (Å²) in [5.74, 6) is -0.451. The molecule has 3 aromatic rings. The summed E-state index contributed by atoms with van der Waals surface area (Å²) < 4.78 is 0. The number of rotatable bonds is 7. The van der Waals surface area contributed by atoms with Crippen molar-refractivity contribution in [2.75, 3.05) is 6.54 Å². The normalized spacial score (nSPS) is 12.2. The lowest BCUT2D eigenvalue weighted by Crippen LogP contribution is -2.36. The quantitative estimate of drug-likeness (QED) is 0.586. The van der Waals surface area contributed by atoms with Gasteiger partial charge in [0.1, 0.15) is 5.70 Å². The van der Waals surface area contributed by atoms with Crippen LogP contribution in [-0.2, 0) is 4.79 Å². The summed E-state index contributed by atoms with van der Waals surface area (Å²) in [5, 5.41) is 7.61. The van der Waals surface area contributed by atoms with E-state index in [-0.39, 0.29) is 23.4 Å². The lowest BCUT2D eigenvalue weighted by atomic mass is 10.0. The molecule has 2 N–H and O–H groups in total. The monoisotopic (exact) mass is 390 g/mol. The number of carbonyl (C=O) groups is 2. The fourth-order valence-corrected chi connectivity index (χ4v) is 3.36. The van der Waals surface area contributed by atoms with Gasteiger partial charge in [0.05, 0.1) is 0 Å². The van der Waals surface area contributed by atoms with Crippen LogP contribution in [0.1, 0.15) is 33.6 Å². The first kappa shape index (κ1) is 19.6. The number of hydrogen-bond acceptors (Lipinski definition) is 3. The summed E-state index contributed by atoms with van der Waals surface area (Å²) in [4.78, 5) is 26.2. The fraction of sp³-hybridized carbons (Fsp3) is 0.130. The van der Waals surface area contributed by atoms with Crippen LogP contribution in [0.2, 0.25) is 0 Å². The molecule has 2 amide bonds. The molecular formula is C23H22N2O2S. The van der Waals surface area contributed by atoms with Crippen LogP contribution in [0.25, 0.3) is 6.08 Å². The van der Waals surface area contributed by atoms with Crippen LogP contribution in [-0.4, -0.2) is 18.4 Å². The van der Waals surface area contributed by atoms with Gasteiger partial charge in [-0.2, -0.15) is 0 Å². The molecule has 0 radical (unpaired) electrons. The molecule has 0 spiro atoms. The van der Waals surface area contributed by atoms with Crippen molar-refractivity contribution < 1.29 is 9.59 Å². The van der Waals surface area contributed by atoms with Gasteiger partial charge in [0.2, 0.25) is 0 Å². The average Bonchev–Trinajstić information content (AvgIpc) is 3.25. The molecule has 1 heterocycles. The summed E-state index contributed by atoms with van der Waals surface area (Å²) in [6, 6.07) is 22.7. The molecule has 3 rings (SSSR count). The molecule has 28 heavy (non-hydrogen) atoms. The zero-order chi connectivity index (χ0) is 19.8. The molecule has 0 aliphatic carbocycles. The average molecular weight is 391 g/mol. The second kappa shape index (κ2) is 9.67. The molecule has 0 fully saturated rings. The van der Waals surface area contributed by atoms with Gasteiger partial charge in [-0.3, -0.25) is 9.59 Å². The van der Waals surface area contributed by atoms with Crippen molar-refractivity contribution in [1.29, 1.82) is 0 Å². The Hall–Kier alpha value is -3.18. The molecular weight excluding hydrogens is 368 g/mol. The van der Waals surface area contributed by atoms with Crippen molar-refractivity contribution in [2.45, 2.75) is 12.8 Å². The molecule has 0 aliphatic heterocycles. The second-order valence-electron chi connectivity index (χ2n) is 6.42. The molecule has 4 nitrogen and oxygen atoms in total. The predicted molar refractivity (Wildman–Crippen MR) is 114 cm³/mol. The van der Waals surface area contributed by atoms with E-state index in [0.717, 1.165) is 10.4 Å². The van der Waals surface area contributed by atoms with Crippen molar-refractivity contribution in [2.24, 2.45) is 0 Å². The van der Waals surface area contributed by atoms with E-state index in [1.165, 1.54) is 11.3 Å². The highest BCUT2D eigenvalue weighted by atomic mass is 32.1. The van der Waals surface area contributed by atoms with Crippen LogP contribution in [0.5, 0.6) is 0 Å². The van der Waals surface area contributed by atoms with Crippen molar-refractivity contribution in [3.05, 3.63) is 99.9 Å². The maximum absolute atomic E-state index is 12.8. The van der Waals surface area contributed by atoms with Crippen molar-refractivity contribution in [3.8, 4) is 0 Å². The van der Waals surface area contributed by atoms with Crippen LogP contribution in [0.15, 0.2) is 83.9 Å². The Morgan fingerprint density at radius 1 is 0.964 bits per heavy atom. The van der Waals surface area contributed by atoms with Gasteiger partial charge in [0.25, 0.3) is 11.8 Å². The lowest BCUT2D eigenvalue weighted by molar-refractivity contribution is -0.117. The minimum absolute atomic E-state index is 0.165. The molecule has 1 aromatic heterocycles. The van der Waals surface area contributed by atoms with E-state index in [2.05, 4.69) is 17.6 Å². The highest BCUT2D eigenvalue weighted by Gasteiger charge is 2.16. The third-order valence-electron chi connectivity index (χ3n) is 4.30. The lowest BCUT2D eigenvalue weighted by Gasteiger charge is -2.15. The summed E-state index contributed by atoms with van der Waals surface area (Å²) >= 11 is 1.51. The fourth-order valence-electron chi connectivity index (χ4n) is 2.70. The van der Waals surface area contributed by atoms with Gasteiger partial charge in [-0.1, -0.05) is 61.5 Å². The smallest absolute Gasteiger partial charge is 0.267 e. The largest absolute Gasteiger partial charge is 0.350 e. The van der Waals surface area contributed by atoms with Gasteiger partial charge >= 0.3 is 0 Å². The van der Waals surface area contributed by atoms with Gasteiger partial charge in [0.15, 0.2) is 0 Å². The number of amides is 2. The van der Waals surface area contributed by atoms with E-state index >= 15 is 0 Å². The topological polar surface area (TPSA) is 58.2 Å². The summed E-state index contributed by atoms with van der Waals surface area (Å²) in [7, 11) is 0. The Labute approximate surface area is 168 Å². The molecule has 5 heteroatoms. The van der Waals surface area contributed by atoms with Gasteiger partial charge < -0.3 is 10.6 Å². The maximum atomic E-state index is 12.8. The minimum atomic E-state index is -0.310.